The zero-order valence-electron chi connectivity index (χ0n) is 11.9. The van der Waals surface area contributed by atoms with Crippen molar-refractivity contribution < 1.29 is 0 Å². The molecular weight excluding hydrogens is 182 g/mol. The molecule has 0 aliphatic carbocycles. The maximum absolute atomic E-state index is 3.99. The summed E-state index contributed by atoms with van der Waals surface area (Å²) in [5.74, 6) is 0. The van der Waals surface area contributed by atoms with E-state index >= 15 is 0 Å². The Morgan fingerprint density at radius 2 is 1.67 bits per heavy atom. The highest BCUT2D eigenvalue weighted by Crippen LogP contribution is 2.09. The molecule has 0 saturated carbocycles. The monoisotopic (exact) mass is 213 g/mol. The molecule has 0 saturated heterocycles. The molecule has 0 bridgehead atoms. The Morgan fingerprint density at radius 1 is 1.20 bits per heavy atom. The van der Waals surface area contributed by atoms with Crippen molar-refractivity contribution in [2.75, 3.05) is 13.1 Å². The van der Waals surface area contributed by atoms with E-state index in [0.29, 0.717) is 0 Å². The molecule has 0 radical (unpaired) electrons. The van der Waals surface area contributed by atoms with Gasteiger partial charge in [0, 0.05) is 0 Å². The van der Waals surface area contributed by atoms with Gasteiger partial charge in [-0.25, -0.2) is 0 Å². The van der Waals surface area contributed by atoms with Crippen molar-refractivity contribution in [3.05, 3.63) is 23.8 Å². The van der Waals surface area contributed by atoms with E-state index in [1.165, 1.54) is 11.1 Å². The van der Waals surface area contributed by atoms with Crippen molar-refractivity contribution in [3.63, 3.8) is 0 Å². The fourth-order valence-electron chi connectivity index (χ4n) is 0.817. The van der Waals surface area contributed by atoms with Crippen LogP contribution in [0.4, 0.5) is 0 Å². The molecule has 0 heterocycles. The second kappa shape index (κ2) is 19.1. The standard InChI is InChI=1S/C10H19N.2C2H6/c1-5-9(3)10(4)7-8-11-6-2;2*1-2/h5,11H,4,6-8H2,1-3H3;2*1-2H3/b9-5-;;. The summed E-state index contributed by atoms with van der Waals surface area (Å²) < 4.78 is 0. The van der Waals surface area contributed by atoms with Crippen LogP contribution in [0.1, 0.15) is 54.9 Å². The maximum atomic E-state index is 3.99. The van der Waals surface area contributed by atoms with Crippen LogP contribution in [0.15, 0.2) is 23.8 Å². The number of allylic oxidation sites excluding steroid dienone is 2. The highest BCUT2D eigenvalue weighted by atomic mass is 14.8. The molecule has 0 spiro atoms. The van der Waals surface area contributed by atoms with E-state index in [4.69, 9.17) is 0 Å². The van der Waals surface area contributed by atoms with Crippen molar-refractivity contribution >= 4 is 0 Å². The normalized spacial score (nSPS) is 9.40. The van der Waals surface area contributed by atoms with Crippen LogP contribution >= 0.6 is 0 Å². The minimum Gasteiger partial charge on any atom is -0.317 e. The Kier molecular flexibility index (Phi) is 25.4. The molecule has 0 fully saturated rings. The van der Waals surface area contributed by atoms with Crippen molar-refractivity contribution in [3.8, 4) is 0 Å². The molecule has 0 aliphatic heterocycles. The summed E-state index contributed by atoms with van der Waals surface area (Å²) in [5, 5.41) is 3.27. The Balaban J connectivity index is -0.000000318. The van der Waals surface area contributed by atoms with Crippen LogP contribution in [0.2, 0.25) is 0 Å². The lowest BCUT2D eigenvalue weighted by molar-refractivity contribution is 0.716. The van der Waals surface area contributed by atoms with E-state index in [1.54, 1.807) is 0 Å². The molecule has 92 valence electrons. The predicted molar refractivity (Wildman–Crippen MR) is 74.4 cm³/mol. The van der Waals surface area contributed by atoms with Gasteiger partial charge < -0.3 is 5.32 Å². The van der Waals surface area contributed by atoms with Gasteiger partial charge in [-0.1, -0.05) is 58.4 Å². The first kappa shape index (κ1) is 19.9. The lowest BCUT2D eigenvalue weighted by Gasteiger charge is -2.05. The second-order valence-electron chi connectivity index (χ2n) is 2.68. The third-order valence-electron chi connectivity index (χ3n) is 1.84. The van der Waals surface area contributed by atoms with E-state index in [1.807, 2.05) is 34.6 Å². The van der Waals surface area contributed by atoms with E-state index in [-0.39, 0.29) is 0 Å². The SMILES string of the molecule is C=C(CCNCC)/C(C)=C\C.CC.CC. The van der Waals surface area contributed by atoms with Crippen LogP contribution in [0.25, 0.3) is 0 Å². The summed E-state index contributed by atoms with van der Waals surface area (Å²) in [4.78, 5) is 0. The van der Waals surface area contributed by atoms with Crippen LogP contribution in [0.5, 0.6) is 0 Å². The molecular formula is C14H31N. The fourth-order valence-corrected chi connectivity index (χ4v) is 0.817. The molecule has 1 N–H and O–H groups in total. The minimum absolute atomic E-state index is 1.04. The van der Waals surface area contributed by atoms with Gasteiger partial charge in [0.2, 0.25) is 0 Å². The van der Waals surface area contributed by atoms with Crippen LogP contribution < -0.4 is 5.32 Å². The number of hydrogen-bond donors (Lipinski definition) is 1. The fraction of sp³-hybridized carbons (Fsp3) is 0.714. The molecule has 15 heavy (non-hydrogen) atoms. The summed E-state index contributed by atoms with van der Waals surface area (Å²) >= 11 is 0. The predicted octanol–water partition coefficient (Wildman–Crippen LogP) is 4.56. The zero-order valence-corrected chi connectivity index (χ0v) is 11.9. The van der Waals surface area contributed by atoms with Gasteiger partial charge in [-0.05, 0) is 33.4 Å². The van der Waals surface area contributed by atoms with Gasteiger partial charge in [-0.15, -0.1) is 0 Å². The first-order valence-electron chi connectivity index (χ1n) is 6.24. The number of hydrogen-bond acceptors (Lipinski definition) is 1. The molecule has 0 aromatic carbocycles. The smallest absolute Gasteiger partial charge is 0.000858 e. The Labute approximate surface area is 97.7 Å². The first-order chi connectivity index (χ1) is 7.22. The quantitative estimate of drug-likeness (QED) is 0.521. The number of nitrogens with one attached hydrogen (secondary N) is 1. The van der Waals surface area contributed by atoms with Crippen molar-refractivity contribution in [1.29, 1.82) is 0 Å². The van der Waals surface area contributed by atoms with Gasteiger partial charge >= 0.3 is 0 Å². The minimum atomic E-state index is 1.04. The second-order valence-corrected chi connectivity index (χ2v) is 2.68. The summed E-state index contributed by atoms with van der Waals surface area (Å²) in [7, 11) is 0. The Hall–Kier alpha value is -0.560. The number of rotatable bonds is 5. The van der Waals surface area contributed by atoms with Crippen molar-refractivity contribution in [2.45, 2.75) is 54.9 Å². The summed E-state index contributed by atoms with van der Waals surface area (Å²) in [5.41, 5.74) is 2.55. The lowest BCUT2D eigenvalue weighted by Crippen LogP contribution is -2.14. The largest absolute Gasteiger partial charge is 0.317 e. The van der Waals surface area contributed by atoms with Crippen LogP contribution in [-0.2, 0) is 0 Å². The summed E-state index contributed by atoms with van der Waals surface area (Å²) in [6, 6.07) is 0. The topological polar surface area (TPSA) is 12.0 Å². The van der Waals surface area contributed by atoms with E-state index in [2.05, 4.69) is 31.8 Å². The average Bonchev–Trinajstić information content (AvgIpc) is 2.33. The van der Waals surface area contributed by atoms with Gasteiger partial charge in [0.25, 0.3) is 0 Å². The van der Waals surface area contributed by atoms with Crippen LogP contribution in [0.3, 0.4) is 0 Å². The maximum Gasteiger partial charge on any atom is -0.000858 e. The third-order valence-corrected chi connectivity index (χ3v) is 1.84. The summed E-state index contributed by atoms with van der Waals surface area (Å²) in [6.45, 7) is 20.3. The van der Waals surface area contributed by atoms with Gasteiger partial charge in [0.15, 0.2) is 0 Å². The van der Waals surface area contributed by atoms with Gasteiger partial charge in [-0.3, -0.25) is 0 Å². The molecule has 0 atom stereocenters. The molecule has 0 unspecified atom stereocenters. The van der Waals surface area contributed by atoms with Crippen LogP contribution in [-0.4, -0.2) is 13.1 Å². The molecule has 0 aromatic rings. The zero-order chi connectivity index (χ0) is 12.7. The van der Waals surface area contributed by atoms with E-state index < -0.39 is 0 Å². The average molecular weight is 213 g/mol. The summed E-state index contributed by atoms with van der Waals surface area (Å²) in [6.07, 6.45) is 3.16. The Morgan fingerprint density at radius 3 is 2.00 bits per heavy atom. The van der Waals surface area contributed by atoms with E-state index in [9.17, 15) is 0 Å². The molecule has 0 aliphatic rings. The van der Waals surface area contributed by atoms with Crippen molar-refractivity contribution in [1.82, 2.24) is 5.32 Å². The molecule has 1 heteroatoms. The molecule has 0 rings (SSSR count). The highest BCUT2D eigenvalue weighted by molar-refractivity contribution is 5.25. The van der Waals surface area contributed by atoms with Gasteiger partial charge in [-0.2, -0.15) is 0 Å². The Bertz CT molecular complexity index is 145. The van der Waals surface area contributed by atoms with Gasteiger partial charge in [0.05, 0.1) is 0 Å². The van der Waals surface area contributed by atoms with Gasteiger partial charge in [0.1, 0.15) is 0 Å². The third kappa shape index (κ3) is 16.1. The van der Waals surface area contributed by atoms with Crippen molar-refractivity contribution in [2.24, 2.45) is 0 Å². The highest BCUT2D eigenvalue weighted by Gasteiger charge is 1.93. The lowest BCUT2D eigenvalue weighted by atomic mass is 10.1. The molecule has 0 amide bonds. The van der Waals surface area contributed by atoms with Crippen LogP contribution in [0, 0.1) is 0 Å². The first-order valence-corrected chi connectivity index (χ1v) is 6.24. The molecule has 0 aromatic heterocycles. The molecule has 1 nitrogen and oxygen atoms in total. The van der Waals surface area contributed by atoms with E-state index in [0.717, 1.165) is 19.5 Å².